The Labute approximate surface area is 111 Å². The van der Waals surface area contributed by atoms with Crippen molar-refractivity contribution in [3.05, 3.63) is 42.0 Å². The van der Waals surface area contributed by atoms with Crippen LogP contribution in [0.2, 0.25) is 0 Å². The number of benzene rings is 2. The third-order valence-corrected chi connectivity index (χ3v) is 3.29. The first-order valence-corrected chi connectivity index (χ1v) is 6.46. The highest BCUT2D eigenvalue weighted by molar-refractivity contribution is 7.80. The van der Waals surface area contributed by atoms with Crippen molar-refractivity contribution in [3.8, 4) is 5.75 Å². The second-order valence-corrected chi connectivity index (χ2v) is 4.69. The largest absolute Gasteiger partial charge is 0.508 e. The summed E-state index contributed by atoms with van der Waals surface area (Å²) in [6.45, 7) is 0. The normalized spacial score (nSPS) is 14.6. The average Bonchev–Trinajstić information content (AvgIpc) is 2.38. The minimum absolute atomic E-state index is 0.000542. The van der Waals surface area contributed by atoms with Crippen molar-refractivity contribution in [2.45, 2.75) is 18.6 Å². The molecule has 0 radical (unpaired) electrons. The molecule has 2 rings (SSSR count). The highest BCUT2D eigenvalue weighted by Gasteiger charge is 2.22. The standard InChI is InChI=1S/C14H16O3S/c15-11-6-5-9-3-1-2-4-10(9)13(11)14(17)12(16)7-8-18/h1-6,12,14-18H,7-8H2. The Morgan fingerprint density at radius 3 is 2.50 bits per heavy atom. The monoisotopic (exact) mass is 264 g/mol. The number of hydrogen-bond donors (Lipinski definition) is 4. The summed E-state index contributed by atoms with van der Waals surface area (Å²) < 4.78 is 0. The molecule has 2 aromatic carbocycles. The SMILES string of the molecule is Oc1ccc2ccccc2c1C(O)C(O)CCS. The van der Waals surface area contributed by atoms with Crippen molar-refractivity contribution in [2.24, 2.45) is 0 Å². The summed E-state index contributed by atoms with van der Waals surface area (Å²) in [5, 5.41) is 31.6. The zero-order valence-corrected chi connectivity index (χ0v) is 10.7. The van der Waals surface area contributed by atoms with Gasteiger partial charge in [0.05, 0.1) is 6.10 Å². The highest BCUT2D eigenvalue weighted by atomic mass is 32.1. The number of rotatable bonds is 4. The maximum Gasteiger partial charge on any atom is 0.122 e. The molecule has 0 spiro atoms. The molecule has 0 aliphatic heterocycles. The van der Waals surface area contributed by atoms with E-state index in [9.17, 15) is 15.3 Å². The first-order chi connectivity index (χ1) is 8.65. The van der Waals surface area contributed by atoms with Gasteiger partial charge in [-0.25, -0.2) is 0 Å². The van der Waals surface area contributed by atoms with Gasteiger partial charge >= 0.3 is 0 Å². The zero-order valence-electron chi connectivity index (χ0n) is 9.82. The fourth-order valence-corrected chi connectivity index (χ4v) is 2.34. The maximum atomic E-state index is 10.2. The van der Waals surface area contributed by atoms with Crippen molar-refractivity contribution in [1.29, 1.82) is 0 Å². The Morgan fingerprint density at radius 1 is 1.06 bits per heavy atom. The van der Waals surface area contributed by atoms with Crippen molar-refractivity contribution < 1.29 is 15.3 Å². The van der Waals surface area contributed by atoms with Gasteiger partial charge in [0.1, 0.15) is 11.9 Å². The van der Waals surface area contributed by atoms with E-state index in [4.69, 9.17) is 0 Å². The smallest absolute Gasteiger partial charge is 0.122 e. The number of aliphatic hydroxyl groups is 2. The van der Waals surface area contributed by atoms with Gasteiger partial charge in [-0.1, -0.05) is 30.3 Å². The lowest BCUT2D eigenvalue weighted by atomic mass is 9.95. The lowest BCUT2D eigenvalue weighted by molar-refractivity contribution is 0.0168. The van der Waals surface area contributed by atoms with Crippen LogP contribution in [0.1, 0.15) is 18.1 Å². The predicted octanol–water partition coefficient (Wildman–Crippen LogP) is 2.26. The number of thiol groups is 1. The molecule has 3 nitrogen and oxygen atoms in total. The average molecular weight is 264 g/mol. The van der Waals surface area contributed by atoms with Gasteiger partial charge in [0, 0.05) is 5.56 Å². The summed E-state index contributed by atoms with van der Waals surface area (Å²) >= 11 is 4.03. The van der Waals surface area contributed by atoms with Gasteiger partial charge in [0.2, 0.25) is 0 Å². The van der Waals surface area contributed by atoms with E-state index in [0.717, 1.165) is 10.8 Å². The van der Waals surface area contributed by atoms with Crippen LogP contribution in [0.15, 0.2) is 36.4 Å². The Kier molecular flexibility index (Phi) is 4.11. The van der Waals surface area contributed by atoms with Gasteiger partial charge in [-0.3, -0.25) is 0 Å². The number of phenolic OH excluding ortho intramolecular Hbond substituents is 1. The summed E-state index contributed by atoms with van der Waals surface area (Å²) in [5.74, 6) is 0.475. The molecule has 0 saturated heterocycles. The van der Waals surface area contributed by atoms with Gasteiger partial charge < -0.3 is 15.3 Å². The lowest BCUT2D eigenvalue weighted by Gasteiger charge is -2.20. The van der Waals surface area contributed by atoms with Gasteiger partial charge in [-0.15, -0.1) is 0 Å². The minimum Gasteiger partial charge on any atom is -0.508 e. The van der Waals surface area contributed by atoms with Crippen LogP contribution in [0.5, 0.6) is 5.75 Å². The van der Waals surface area contributed by atoms with E-state index in [1.807, 2.05) is 24.3 Å². The van der Waals surface area contributed by atoms with Crippen LogP contribution in [-0.2, 0) is 0 Å². The third-order valence-electron chi connectivity index (χ3n) is 3.03. The molecule has 2 aromatic rings. The number of fused-ring (bicyclic) bond motifs is 1. The first-order valence-electron chi connectivity index (χ1n) is 5.82. The number of hydrogen-bond acceptors (Lipinski definition) is 4. The molecule has 18 heavy (non-hydrogen) atoms. The topological polar surface area (TPSA) is 60.7 Å². The molecular weight excluding hydrogens is 248 g/mol. The Hall–Kier alpha value is -1.23. The second-order valence-electron chi connectivity index (χ2n) is 4.24. The summed E-state index contributed by atoms with van der Waals surface area (Å²) in [4.78, 5) is 0. The van der Waals surface area contributed by atoms with E-state index < -0.39 is 12.2 Å². The van der Waals surface area contributed by atoms with Crippen LogP contribution in [0.25, 0.3) is 10.8 Å². The molecule has 0 fully saturated rings. The summed E-state index contributed by atoms with van der Waals surface area (Å²) in [7, 11) is 0. The van der Waals surface area contributed by atoms with Gasteiger partial charge in [-0.2, -0.15) is 12.6 Å². The highest BCUT2D eigenvalue weighted by Crippen LogP contribution is 2.34. The van der Waals surface area contributed by atoms with Crippen molar-refractivity contribution in [2.75, 3.05) is 5.75 Å². The minimum atomic E-state index is -1.11. The van der Waals surface area contributed by atoms with Crippen LogP contribution in [0.4, 0.5) is 0 Å². The Bertz CT molecular complexity index is 542. The number of phenols is 1. The predicted molar refractivity (Wildman–Crippen MR) is 75.0 cm³/mol. The summed E-state index contributed by atoms with van der Waals surface area (Å²) in [6.07, 6.45) is -1.67. The number of aliphatic hydroxyl groups excluding tert-OH is 2. The Balaban J connectivity index is 2.51. The van der Waals surface area contributed by atoms with E-state index in [2.05, 4.69) is 12.6 Å². The van der Waals surface area contributed by atoms with E-state index in [1.54, 1.807) is 6.07 Å². The van der Waals surface area contributed by atoms with Crippen LogP contribution >= 0.6 is 12.6 Å². The van der Waals surface area contributed by atoms with Gasteiger partial charge in [-0.05, 0) is 29.0 Å². The van der Waals surface area contributed by atoms with Crippen molar-refractivity contribution in [3.63, 3.8) is 0 Å². The molecule has 0 aliphatic rings. The Morgan fingerprint density at radius 2 is 1.78 bits per heavy atom. The quantitative estimate of drug-likeness (QED) is 0.641. The molecule has 0 saturated carbocycles. The maximum absolute atomic E-state index is 10.2. The van der Waals surface area contributed by atoms with Crippen LogP contribution in [-0.4, -0.2) is 27.2 Å². The second kappa shape index (κ2) is 5.61. The van der Waals surface area contributed by atoms with Crippen LogP contribution < -0.4 is 0 Å². The fourth-order valence-electron chi connectivity index (χ4n) is 2.08. The zero-order chi connectivity index (χ0) is 13.1. The van der Waals surface area contributed by atoms with Gasteiger partial charge in [0.15, 0.2) is 0 Å². The van der Waals surface area contributed by atoms with E-state index in [1.165, 1.54) is 6.07 Å². The van der Waals surface area contributed by atoms with E-state index in [-0.39, 0.29) is 5.75 Å². The molecule has 0 aliphatic carbocycles. The fraction of sp³-hybridized carbons (Fsp3) is 0.286. The van der Waals surface area contributed by atoms with E-state index in [0.29, 0.717) is 17.7 Å². The van der Waals surface area contributed by atoms with E-state index >= 15 is 0 Å². The molecule has 0 aromatic heterocycles. The van der Waals surface area contributed by atoms with Gasteiger partial charge in [0.25, 0.3) is 0 Å². The van der Waals surface area contributed by atoms with Crippen LogP contribution in [0, 0.1) is 0 Å². The molecular formula is C14H16O3S. The summed E-state index contributed by atoms with van der Waals surface area (Å²) in [6, 6.07) is 10.8. The third kappa shape index (κ3) is 2.46. The molecule has 4 heteroatoms. The molecule has 0 heterocycles. The van der Waals surface area contributed by atoms with Crippen molar-refractivity contribution >= 4 is 23.4 Å². The molecule has 0 bridgehead atoms. The number of aromatic hydroxyl groups is 1. The molecule has 0 amide bonds. The van der Waals surface area contributed by atoms with Crippen LogP contribution in [0.3, 0.4) is 0 Å². The van der Waals surface area contributed by atoms with Crippen molar-refractivity contribution in [1.82, 2.24) is 0 Å². The summed E-state index contributed by atoms with van der Waals surface area (Å²) in [5.41, 5.74) is 0.377. The lowest BCUT2D eigenvalue weighted by Crippen LogP contribution is -2.19. The molecule has 2 atom stereocenters. The first kappa shape index (κ1) is 13.2. The molecule has 96 valence electrons. The molecule has 2 unspecified atom stereocenters. The molecule has 3 N–H and O–H groups in total.